The van der Waals surface area contributed by atoms with Crippen LogP contribution < -0.4 is 15.8 Å². The molecule has 1 aliphatic rings. The number of anilines is 1. The summed E-state index contributed by atoms with van der Waals surface area (Å²) < 4.78 is 0. The quantitative estimate of drug-likeness (QED) is 0.890. The molecule has 1 atom stereocenters. The summed E-state index contributed by atoms with van der Waals surface area (Å²) in [6.45, 7) is 4.49. The highest BCUT2D eigenvalue weighted by molar-refractivity contribution is 7.09. The average molecular weight is 305 g/mol. The van der Waals surface area contributed by atoms with E-state index >= 15 is 0 Å². The van der Waals surface area contributed by atoms with Crippen LogP contribution in [0.3, 0.4) is 0 Å². The van der Waals surface area contributed by atoms with E-state index in [0.29, 0.717) is 11.9 Å². The van der Waals surface area contributed by atoms with Crippen LogP contribution in [0.25, 0.3) is 0 Å². The number of aromatic amines is 1. The SMILES string of the molecule is Cc1nc(CN[C@@H]2CCCN(c3ncc[nH]c3=O)C2)cs1. The largest absolute Gasteiger partial charge is 0.350 e. The van der Waals surface area contributed by atoms with Gasteiger partial charge in [0.2, 0.25) is 0 Å². The summed E-state index contributed by atoms with van der Waals surface area (Å²) in [4.78, 5) is 25.2. The van der Waals surface area contributed by atoms with Crippen molar-refractivity contribution in [1.29, 1.82) is 0 Å². The third-order valence-electron chi connectivity index (χ3n) is 3.65. The van der Waals surface area contributed by atoms with Crippen LogP contribution in [0.15, 0.2) is 22.6 Å². The molecule has 0 bridgehead atoms. The van der Waals surface area contributed by atoms with Crippen LogP contribution in [0, 0.1) is 6.92 Å². The first kappa shape index (κ1) is 14.2. The van der Waals surface area contributed by atoms with Gasteiger partial charge in [-0.1, -0.05) is 0 Å². The van der Waals surface area contributed by atoms with Crippen LogP contribution in [0.5, 0.6) is 0 Å². The van der Waals surface area contributed by atoms with E-state index in [0.717, 1.165) is 43.2 Å². The molecule has 21 heavy (non-hydrogen) atoms. The number of H-pyrrole nitrogens is 1. The number of aromatic nitrogens is 3. The summed E-state index contributed by atoms with van der Waals surface area (Å²) in [5.74, 6) is 0.522. The minimum absolute atomic E-state index is 0.117. The fraction of sp³-hybridized carbons (Fsp3) is 0.500. The highest BCUT2D eigenvalue weighted by atomic mass is 32.1. The summed E-state index contributed by atoms with van der Waals surface area (Å²) in [6, 6.07) is 0.363. The zero-order chi connectivity index (χ0) is 14.7. The summed E-state index contributed by atoms with van der Waals surface area (Å²) in [5.41, 5.74) is 0.971. The zero-order valence-electron chi connectivity index (χ0n) is 12.0. The first-order chi connectivity index (χ1) is 10.2. The van der Waals surface area contributed by atoms with Crippen LogP contribution in [0.1, 0.15) is 23.5 Å². The van der Waals surface area contributed by atoms with E-state index in [1.807, 2.05) is 6.92 Å². The van der Waals surface area contributed by atoms with Crippen LogP contribution in [-0.2, 0) is 6.54 Å². The Morgan fingerprint density at radius 2 is 2.48 bits per heavy atom. The van der Waals surface area contributed by atoms with E-state index in [9.17, 15) is 4.79 Å². The van der Waals surface area contributed by atoms with Gasteiger partial charge >= 0.3 is 0 Å². The van der Waals surface area contributed by atoms with E-state index < -0.39 is 0 Å². The summed E-state index contributed by atoms with van der Waals surface area (Å²) in [7, 11) is 0. The van der Waals surface area contributed by atoms with E-state index in [1.165, 1.54) is 0 Å². The van der Waals surface area contributed by atoms with E-state index in [4.69, 9.17) is 0 Å². The third-order valence-corrected chi connectivity index (χ3v) is 4.47. The number of nitrogens with one attached hydrogen (secondary N) is 2. The van der Waals surface area contributed by atoms with Gasteiger partial charge in [-0.15, -0.1) is 11.3 Å². The number of thiazole rings is 1. The molecule has 0 aliphatic carbocycles. The van der Waals surface area contributed by atoms with Gasteiger partial charge < -0.3 is 15.2 Å². The number of aryl methyl sites for hydroxylation is 1. The van der Waals surface area contributed by atoms with Gasteiger partial charge in [0.15, 0.2) is 5.82 Å². The Bertz CT molecular complexity index is 653. The second kappa shape index (κ2) is 6.36. The minimum Gasteiger partial charge on any atom is -0.350 e. The molecule has 0 amide bonds. The fourth-order valence-corrected chi connectivity index (χ4v) is 3.26. The van der Waals surface area contributed by atoms with Crippen LogP contribution in [-0.4, -0.2) is 34.1 Å². The summed E-state index contributed by atoms with van der Waals surface area (Å²) in [6.07, 6.45) is 5.37. The van der Waals surface area contributed by atoms with E-state index in [2.05, 4.69) is 30.5 Å². The molecule has 112 valence electrons. The van der Waals surface area contributed by atoms with Gasteiger partial charge in [0, 0.05) is 43.4 Å². The van der Waals surface area contributed by atoms with Gasteiger partial charge in [-0.3, -0.25) is 4.79 Å². The number of hydrogen-bond donors (Lipinski definition) is 2. The Morgan fingerprint density at radius 1 is 1.57 bits per heavy atom. The lowest BCUT2D eigenvalue weighted by Gasteiger charge is -2.33. The molecule has 2 aromatic heterocycles. The highest BCUT2D eigenvalue weighted by Crippen LogP contribution is 2.15. The Kier molecular flexibility index (Phi) is 4.31. The maximum Gasteiger partial charge on any atom is 0.290 e. The Balaban J connectivity index is 1.61. The second-order valence-corrected chi connectivity index (χ2v) is 6.33. The maximum absolute atomic E-state index is 11.8. The van der Waals surface area contributed by atoms with Crippen LogP contribution >= 0.6 is 11.3 Å². The molecule has 0 saturated carbocycles. The molecule has 1 fully saturated rings. The first-order valence-electron chi connectivity index (χ1n) is 7.15. The van der Waals surface area contributed by atoms with Crippen molar-refractivity contribution in [3.8, 4) is 0 Å². The van der Waals surface area contributed by atoms with Gasteiger partial charge in [-0.25, -0.2) is 9.97 Å². The molecule has 6 nitrogen and oxygen atoms in total. The summed E-state index contributed by atoms with van der Waals surface area (Å²) >= 11 is 1.67. The van der Waals surface area contributed by atoms with Gasteiger partial charge in [0.25, 0.3) is 5.56 Å². The van der Waals surface area contributed by atoms with Gasteiger partial charge in [-0.2, -0.15) is 0 Å². The fourth-order valence-electron chi connectivity index (χ4n) is 2.64. The van der Waals surface area contributed by atoms with Gasteiger partial charge in [0.05, 0.1) is 10.7 Å². The topological polar surface area (TPSA) is 73.9 Å². The predicted molar refractivity (Wildman–Crippen MR) is 83.8 cm³/mol. The van der Waals surface area contributed by atoms with Gasteiger partial charge in [-0.05, 0) is 19.8 Å². The van der Waals surface area contributed by atoms with Gasteiger partial charge in [0.1, 0.15) is 0 Å². The van der Waals surface area contributed by atoms with Crippen molar-refractivity contribution in [2.24, 2.45) is 0 Å². The van der Waals surface area contributed by atoms with Crippen molar-refractivity contribution in [3.05, 3.63) is 38.8 Å². The Morgan fingerprint density at radius 3 is 3.24 bits per heavy atom. The highest BCUT2D eigenvalue weighted by Gasteiger charge is 2.22. The van der Waals surface area contributed by atoms with Crippen molar-refractivity contribution < 1.29 is 0 Å². The molecule has 1 saturated heterocycles. The van der Waals surface area contributed by atoms with Crippen molar-refractivity contribution in [2.45, 2.75) is 32.4 Å². The normalized spacial score (nSPS) is 18.9. The number of nitrogens with zero attached hydrogens (tertiary/aromatic N) is 3. The second-order valence-electron chi connectivity index (χ2n) is 5.27. The monoisotopic (exact) mass is 305 g/mol. The summed E-state index contributed by atoms with van der Waals surface area (Å²) in [5, 5.41) is 6.72. The van der Waals surface area contributed by atoms with E-state index in [1.54, 1.807) is 23.7 Å². The average Bonchev–Trinajstić information content (AvgIpc) is 2.92. The van der Waals surface area contributed by atoms with Crippen molar-refractivity contribution in [3.63, 3.8) is 0 Å². The van der Waals surface area contributed by atoms with Crippen molar-refractivity contribution >= 4 is 17.2 Å². The molecule has 3 heterocycles. The van der Waals surface area contributed by atoms with Crippen molar-refractivity contribution in [1.82, 2.24) is 20.3 Å². The number of rotatable bonds is 4. The van der Waals surface area contributed by atoms with Crippen LogP contribution in [0.4, 0.5) is 5.82 Å². The lowest BCUT2D eigenvalue weighted by Crippen LogP contribution is -2.47. The molecular formula is C14H19N5OS. The molecule has 2 N–H and O–H groups in total. The molecular weight excluding hydrogens is 286 g/mol. The minimum atomic E-state index is -0.117. The molecule has 0 radical (unpaired) electrons. The molecule has 1 aliphatic heterocycles. The third kappa shape index (κ3) is 3.48. The molecule has 0 aromatic carbocycles. The standard InChI is InChI=1S/C14H19N5OS/c1-10-18-12(9-21-10)7-17-11-3-2-6-19(8-11)13-14(20)16-5-4-15-13/h4-5,9,11,17H,2-3,6-8H2,1H3,(H,16,20)/t11-/m1/s1. The van der Waals surface area contributed by atoms with Crippen LogP contribution in [0.2, 0.25) is 0 Å². The predicted octanol–water partition coefficient (Wildman–Crippen LogP) is 1.29. The lowest BCUT2D eigenvalue weighted by molar-refractivity contribution is 0.417. The lowest BCUT2D eigenvalue weighted by atomic mass is 10.1. The maximum atomic E-state index is 11.8. The molecule has 3 rings (SSSR count). The number of piperidine rings is 1. The molecule has 0 unspecified atom stereocenters. The zero-order valence-corrected chi connectivity index (χ0v) is 12.8. The van der Waals surface area contributed by atoms with Crippen molar-refractivity contribution in [2.75, 3.05) is 18.0 Å². The smallest absolute Gasteiger partial charge is 0.290 e. The first-order valence-corrected chi connectivity index (χ1v) is 8.03. The molecule has 7 heteroatoms. The Labute approximate surface area is 127 Å². The number of hydrogen-bond acceptors (Lipinski definition) is 6. The Hall–Kier alpha value is -1.73. The van der Waals surface area contributed by atoms with E-state index in [-0.39, 0.29) is 5.56 Å². The molecule has 2 aromatic rings. The molecule has 0 spiro atoms.